The summed E-state index contributed by atoms with van der Waals surface area (Å²) in [5, 5.41) is 0.745. The monoisotopic (exact) mass is 398 g/mol. The number of thioether (sulfide) groups is 1. The van der Waals surface area contributed by atoms with Gasteiger partial charge in [-0.3, -0.25) is 9.69 Å². The van der Waals surface area contributed by atoms with Crippen LogP contribution >= 0.6 is 23.1 Å². The number of anilines is 1. The Morgan fingerprint density at radius 3 is 2.93 bits per heavy atom. The van der Waals surface area contributed by atoms with E-state index in [0.29, 0.717) is 12.1 Å². The third-order valence-electron chi connectivity index (χ3n) is 4.81. The van der Waals surface area contributed by atoms with Gasteiger partial charge in [-0.2, -0.15) is 0 Å². The Kier molecular flexibility index (Phi) is 5.48. The first-order valence-corrected chi connectivity index (χ1v) is 11.1. The zero-order chi connectivity index (χ0) is 18.8. The molecule has 1 fully saturated rings. The second-order valence-corrected chi connectivity index (χ2v) is 8.59. The highest BCUT2D eigenvalue weighted by atomic mass is 32.2. The second-order valence-electron chi connectivity index (χ2n) is 6.70. The molecule has 0 radical (unpaired) electrons. The van der Waals surface area contributed by atoms with Crippen LogP contribution in [0.3, 0.4) is 0 Å². The molecule has 1 aromatic heterocycles. The van der Waals surface area contributed by atoms with Crippen molar-refractivity contribution in [1.82, 2.24) is 4.98 Å². The number of aromatic nitrogens is 1. The van der Waals surface area contributed by atoms with Crippen molar-refractivity contribution in [2.75, 3.05) is 24.3 Å². The standard InChI is InChI=1S/C21H22N2O2S2/c1-14-6-3-10-18-19(14)22-21(27-18)23(13-16-8-5-11-25-16)20(24)15-7-4-9-17(12-15)26-2/h3-4,6-7,9-10,12,16H,5,8,11,13H2,1-2H3. The van der Waals surface area contributed by atoms with E-state index in [1.807, 2.05) is 36.6 Å². The van der Waals surface area contributed by atoms with Crippen LogP contribution in [0.25, 0.3) is 10.2 Å². The third kappa shape index (κ3) is 3.88. The summed E-state index contributed by atoms with van der Waals surface area (Å²) in [5.74, 6) is -0.0156. The Bertz CT molecular complexity index is 964. The maximum atomic E-state index is 13.4. The van der Waals surface area contributed by atoms with Crippen molar-refractivity contribution in [1.29, 1.82) is 0 Å². The van der Waals surface area contributed by atoms with E-state index in [9.17, 15) is 4.79 Å². The normalized spacial score (nSPS) is 16.7. The molecule has 1 aliphatic rings. The number of aryl methyl sites for hydroxylation is 1. The zero-order valence-electron chi connectivity index (χ0n) is 15.5. The summed E-state index contributed by atoms with van der Waals surface area (Å²) in [4.78, 5) is 21.1. The van der Waals surface area contributed by atoms with E-state index in [1.165, 1.54) is 0 Å². The molecule has 4 nitrogen and oxygen atoms in total. The number of para-hydroxylation sites is 1. The van der Waals surface area contributed by atoms with Crippen LogP contribution in [0.2, 0.25) is 0 Å². The highest BCUT2D eigenvalue weighted by molar-refractivity contribution is 7.98. The molecule has 3 aromatic rings. The van der Waals surface area contributed by atoms with Crippen LogP contribution in [0.1, 0.15) is 28.8 Å². The van der Waals surface area contributed by atoms with Crippen LogP contribution < -0.4 is 4.90 Å². The van der Waals surface area contributed by atoms with Gasteiger partial charge in [0.25, 0.3) is 5.91 Å². The number of benzene rings is 2. The molecule has 0 bridgehead atoms. The SMILES string of the molecule is CSc1cccc(C(=O)N(CC2CCCO2)c2nc3c(C)cccc3s2)c1. The fourth-order valence-electron chi connectivity index (χ4n) is 3.34. The number of carbonyl (C=O) groups excluding carboxylic acids is 1. The summed E-state index contributed by atoms with van der Waals surface area (Å²) >= 11 is 3.21. The van der Waals surface area contributed by atoms with Gasteiger partial charge in [0.1, 0.15) is 0 Å². The van der Waals surface area contributed by atoms with Crippen LogP contribution in [0, 0.1) is 6.92 Å². The van der Waals surface area contributed by atoms with Crippen LogP contribution in [-0.4, -0.2) is 36.4 Å². The molecule has 1 atom stereocenters. The fourth-order valence-corrected chi connectivity index (χ4v) is 4.85. The van der Waals surface area contributed by atoms with Crippen molar-refractivity contribution < 1.29 is 9.53 Å². The van der Waals surface area contributed by atoms with Crippen molar-refractivity contribution in [3.8, 4) is 0 Å². The molecule has 1 unspecified atom stereocenters. The van der Waals surface area contributed by atoms with E-state index in [2.05, 4.69) is 19.1 Å². The molecule has 2 aromatic carbocycles. The average Bonchev–Trinajstić information content (AvgIpc) is 3.36. The number of carbonyl (C=O) groups is 1. The summed E-state index contributed by atoms with van der Waals surface area (Å²) < 4.78 is 6.92. The van der Waals surface area contributed by atoms with Gasteiger partial charge in [0.2, 0.25) is 0 Å². The Hall–Kier alpha value is -1.89. The zero-order valence-corrected chi connectivity index (χ0v) is 17.1. The van der Waals surface area contributed by atoms with Crippen LogP contribution in [0.4, 0.5) is 5.13 Å². The summed E-state index contributed by atoms with van der Waals surface area (Å²) in [5.41, 5.74) is 2.79. The van der Waals surface area contributed by atoms with Gasteiger partial charge >= 0.3 is 0 Å². The smallest absolute Gasteiger partial charge is 0.260 e. The summed E-state index contributed by atoms with van der Waals surface area (Å²) in [6, 6.07) is 13.9. The van der Waals surface area contributed by atoms with Gasteiger partial charge in [-0.25, -0.2) is 4.98 Å². The fraction of sp³-hybridized carbons (Fsp3) is 0.333. The molecule has 140 valence electrons. The van der Waals surface area contributed by atoms with Crippen molar-refractivity contribution in [2.24, 2.45) is 0 Å². The van der Waals surface area contributed by atoms with Gasteiger partial charge in [0, 0.05) is 17.1 Å². The van der Waals surface area contributed by atoms with Gasteiger partial charge in [0.05, 0.1) is 22.9 Å². The highest BCUT2D eigenvalue weighted by Crippen LogP contribution is 2.32. The molecular formula is C21H22N2O2S2. The minimum absolute atomic E-state index is 0.0156. The first kappa shape index (κ1) is 18.5. The predicted molar refractivity (Wildman–Crippen MR) is 113 cm³/mol. The summed E-state index contributed by atoms with van der Waals surface area (Å²) in [6.07, 6.45) is 4.13. The third-order valence-corrected chi connectivity index (χ3v) is 6.58. The van der Waals surface area contributed by atoms with Crippen molar-refractivity contribution >= 4 is 44.4 Å². The van der Waals surface area contributed by atoms with Gasteiger partial charge in [0.15, 0.2) is 5.13 Å². The number of thiazole rings is 1. The molecule has 1 saturated heterocycles. The first-order valence-electron chi connectivity index (χ1n) is 9.09. The maximum absolute atomic E-state index is 13.4. The summed E-state index contributed by atoms with van der Waals surface area (Å²) in [7, 11) is 0. The van der Waals surface area contributed by atoms with Gasteiger partial charge in [-0.05, 0) is 55.9 Å². The highest BCUT2D eigenvalue weighted by Gasteiger charge is 2.27. The molecule has 0 saturated carbocycles. The lowest BCUT2D eigenvalue weighted by Gasteiger charge is -2.23. The number of nitrogens with zero attached hydrogens (tertiary/aromatic N) is 2. The molecule has 1 aliphatic heterocycles. The molecule has 2 heterocycles. The van der Waals surface area contributed by atoms with Gasteiger partial charge < -0.3 is 4.74 Å². The quantitative estimate of drug-likeness (QED) is 0.557. The molecule has 0 N–H and O–H groups in total. The molecule has 27 heavy (non-hydrogen) atoms. The lowest BCUT2D eigenvalue weighted by atomic mass is 10.2. The van der Waals surface area contributed by atoms with Crippen molar-refractivity contribution in [3.63, 3.8) is 0 Å². The van der Waals surface area contributed by atoms with E-state index in [-0.39, 0.29) is 12.0 Å². The van der Waals surface area contributed by atoms with E-state index < -0.39 is 0 Å². The molecular weight excluding hydrogens is 376 g/mol. The van der Waals surface area contributed by atoms with Gasteiger partial charge in [-0.1, -0.05) is 29.5 Å². The minimum atomic E-state index is -0.0156. The Balaban J connectivity index is 1.72. The molecule has 1 amide bonds. The van der Waals surface area contributed by atoms with E-state index in [1.54, 1.807) is 28.0 Å². The number of amides is 1. The predicted octanol–water partition coefficient (Wildman–Crippen LogP) is 5.15. The Morgan fingerprint density at radius 1 is 1.33 bits per heavy atom. The maximum Gasteiger partial charge on any atom is 0.260 e. The molecule has 6 heteroatoms. The summed E-state index contributed by atoms with van der Waals surface area (Å²) in [6.45, 7) is 3.37. The van der Waals surface area contributed by atoms with E-state index in [0.717, 1.165) is 45.3 Å². The number of fused-ring (bicyclic) bond motifs is 1. The Morgan fingerprint density at radius 2 is 2.19 bits per heavy atom. The van der Waals surface area contributed by atoms with E-state index >= 15 is 0 Å². The van der Waals surface area contributed by atoms with Crippen LogP contribution in [0.5, 0.6) is 0 Å². The molecule has 0 aliphatic carbocycles. The second kappa shape index (κ2) is 8.00. The largest absolute Gasteiger partial charge is 0.376 e. The van der Waals surface area contributed by atoms with Crippen LogP contribution in [-0.2, 0) is 4.74 Å². The van der Waals surface area contributed by atoms with Crippen molar-refractivity contribution in [3.05, 3.63) is 53.6 Å². The number of ether oxygens (including phenoxy) is 1. The lowest BCUT2D eigenvalue weighted by Crippen LogP contribution is -2.37. The number of hydrogen-bond acceptors (Lipinski definition) is 5. The first-order chi connectivity index (χ1) is 13.2. The number of hydrogen-bond donors (Lipinski definition) is 0. The lowest BCUT2D eigenvalue weighted by molar-refractivity contribution is 0.0917. The Labute approximate surface area is 167 Å². The minimum Gasteiger partial charge on any atom is -0.376 e. The molecule has 0 spiro atoms. The number of rotatable bonds is 5. The average molecular weight is 399 g/mol. The van der Waals surface area contributed by atoms with E-state index in [4.69, 9.17) is 9.72 Å². The topological polar surface area (TPSA) is 42.4 Å². The van der Waals surface area contributed by atoms with Crippen LogP contribution in [0.15, 0.2) is 47.4 Å². The van der Waals surface area contributed by atoms with Crippen molar-refractivity contribution in [2.45, 2.75) is 30.8 Å². The van der Waals surface area contributed by atoms with Gasteiger partial charge in [-0.15, -0.1) is 11.8 Å². The molecule has 4 rings (SSSR count).